The van der Waals surface area contributed by atoms with Crippen LogP contribution in [0.2, 0.25) is 0 Å². The van der Waals surface area contributed by atoms with E-state index >= 15 is 0 Å². The maximum Gasteiger partial charge on any atom is 0.257 e. The number of nitrogens with one attached hydrogen (secondary N) is 1. The van der Waals surface area contributed by atoms with E-state index in [0.717, 1.165) is 16.9 Å². The molecule has 0 aliphatic rings. The molecule has 2 aromatic carbocycles. The van der Waals surface area contributed by atoms with Crippen LogP contribution < -0.4 is 20.7 Å². The fourth-order valence-electron chi connectivity index (χ4n) is 2.99. The summed E-state index contributed by atoms with van der Waals surface area (Å²) in [6.07, 6.45) is 1.72. The molecular weight excluding hydrogens is 354 g/mol. The summed E-state index contributed by atoms with van der Waals surface area (Å²) in [5.74, 6) is 0.525. The summed E-state index contributed by atoms with van der Waals surface area (Å²) in [7, 11) is 5.69. The lowest BCUT2D eigenvalue weighted by molar-refractivity contribution is 0.102. The van der Waals surface area contributed by atoms with Gasteiger partial charge in [-0.1, -0.05) is 12.1 Å². The van der Waals surface area contributed by atoms with Gasteiger partial charge in [-0.25, -0.2) is 0 Å². The molecule has 0 unspecified atom stereocenters. The van der Waals surface area contributed by atoms with Crippen LogP contribution in [0.15, 0.2) is 54.7 Å². The van der Waals surface area contributed by atoms with Crippen molar-refractivity contribution in [1.29, 1.82) is 0 Å². The number of para-hydroxylation sites is 1. The number of nitrogens with two attached hydrogens (primary N) is 1. The predicted molar refractivity (Wildman–Crippen MR) is 112 cm³/mol. The number of hydrogen-bond acceptors (Lipinski definition) is 5. The summed E-state index contributed by atoms with van der Waals surface area (Å²) in [6.45, 7) is 0.831. The third-order valence-electron chi connectivity index (χ3n) is 4.34. The molecule has 3 rings (SSSR count). The minimum Gasteiger partial charge on any atom is -0.492 e. The fourth-order valence-corrected chi connectivity index (χ4v) is 2.99. The standard InChI is InChI=1S/C21H25N5O2/c1-25(2)18-7-5-4-6-16(18)21(27)24-15-8-9-20(28-13-11-22)17(14-15)19-10-12-23-26(19)3/h4-10,12,14H,11,13,22H2,1-3H3,(H,24,27). The number of hydrogen-bond donors (Lipinski definition) is 2. The number of carbonyl (C=O) groups excluding carboxylic acids is 1. The molecule has 0 fully saturated rings. The summed E-state index contributed by atoms with van der Waals surface area (Å²) < 4.78 is 7.54. The average Bonchev–Trinajstić information content (AvgIpc) is 3.12. The molecule has 28 heavy (non-hydrogen) atoms. The number of ether oxygens (including phenoxy) is 1. The summed E-state index contributed by atoms with van der Waals surface area (Å²) in [5, 5.41) is 7.21. The maximum atomic E-state index is 12.9. The Hall–Kier alpha value is -3.32. The number of amides is 1. The first-order valence-electron chi connectivity index (χ1n) is 9.04. The molecule has 146 valence electrons. The predicted octanol–water partition coefficient (Wildman–Crippen LogP) is 2.74. The highest BCUT2D eigenvalue weighted by Gasteiger charge is 2.15. The Labute approximate surface area is 164 Å². The molecule has 1 heterocycles. The molecule has 0 aliphatic carbocycles. The van der Waals surface area contributed by atoms with Gasteiger partial charge in [0.05, 0.1) is 11.3 Å². The van der Waals surface area contributed by atoms with Crippen LogP contribution in [-0.4, -0.2) is 42.9 Å². The highest BCUT2D eigenvalue weighted by molar-refractivity contribution is 6.08. The van der Waals surface area contributed by atoms with Crippen LogP contribution in [0, 0.1) is 0 Å². The maximum absolute atomic E-state index is 12.9. The van der Waals surface area contributed by atoms with Crippen molar-refractivity contribution in [1.82, 2.24) is 9.78 Å². The van der Waals surface area contributed by atoms with Gasteiger partial charge in [-0.05, 0) is 36.4 Å². The molecule has 7 heteroatoms. The Morgan fingerprint density at radius 1 is 1.21 bits per heavy atom. The third-order valence-corrected chi connectivity index (χ3v) is 4.34. The summed E-state index contributed by atoms with van der Waals surface area (Å²) in [4.78, 5) is 14.8. The molecule has 1 aromatic heterocycles. The minimum absolute atomic E-state index is 0.170. The van der Waals surface area contributed by atoms with Crippen molar-refractivity contribution in [3.05, 3.63) is 60.3 Å². The first kappa shape index (κ1) is 19.4. The fraction of sp³-hybridized carbons (Fsp3) is 0.238. The molecule has 3 N–H and O–H groups in total. The van der Waals surface area contributed by atoms with Gasteiger partial charge >= 0.3 is 0 Å². The summed E-state index contributed by atoms with van der Waals surface area (Å²) in [5.41, 5.74) is 9.44. The lowest BCUT2D eigenvalue weighted by atomic mass is 10.1. The number of benzene rings is 2. The van der Waals surface area contributed by atoms with Crippen molar-refractivity contribution < 1.29 is 9.53 Å². The Kier molecular flexibility index (Phi) is 5.96. The lowest BCUT2D eigenvalue weighted by Gasteiger charge is -2.17. The van der Waals surface area contributed by atoms with Gasteiger partial charge in [0.15, 0.2) is 0 Å². The SMILES string of the molecule is CN(C)c1ccccc1C(=O)Nc1ccc(OCCN)c(-c2ccnn2C)c1. The van der Waals surface area contributed by atoms with Crippen LogP contribution in [0.1, 0.15) is 10.4 Å². The molecule has 1 amide bonds. The second-order valence-electron chi connectivity index (χ2n) is 6.55. The number of carbonyl (C=O) groups is 1. The highest BCUT2D eigenvalue weighted by Crippen LogP contribution is 2.33. The zero-order valence-electron chi connectivity index (χ0n) is 16.3. The Morgan fingerprint density at radius 2 is 2.00 bits per heavy atom. The van der Waals surface area contributed by atoms with Crippen LogP contribution in [0.25, 0.3) is 11.3 Å². The third kappa shape index (κ3) is 4.15. The van der Waals surface area contributed by atoms with Crippen LogP contribution in [0.3, 0.4) is 0 Å². The number of anilines is 2. The van der Waals surface area contributed by atoms with Gasteiger partial charge < -0.3 is 20.7 Å². The second kappa shape index (κ2) is 8.58. The van der Waals surface area contributed by atoms with E-state index in [4.69, 9.17) is 10.5 Å². The average molecular weight is 379 g/mol. The first-order chi connectivity index (χ1) is 13.5. The lowest BCUT2D eigenvalue weighted by Crippen LogP contribution is -2.18. The van der Waals surface area contributed by atoms with Crippen molar-refractivity contribution in [3.8, 4) is 17.0 Å². The quantitative estimate of drug-likeness (QED) is 0.659. The van der Waals surface area contributed by atoms with Crippen molar-refractivity contribution >= 4 is 17.3 Å². The van der Waals surface area contributed by atoms with Gasteiger partial charge in [0.1, 0.15) is 12.4 Å². The summed E-state index contributed by atoms with van der Waals surface area (Å²) >= 11 is 0. The normalized spacial score (nSPS) is 10.6. The van der Waals surface area contributed by atoms with E-state index in [2.05, 4.69) is 10.4 Å². The topological polar surface area (TPSA) is 85.4 Å². The Morgan fingerprint density at radius 3 is 2.68 bits per heavy atom. The van der Waals surface area contributed by atoms with Crippen molar-refractivity contribution in [2.45, 2.75) is 0 Å². The Balaban J connectivity index is 1.93. The summed E-state index contributed by atoms with van der Waals surface area (Å²) in [6, 6.07) is 14.9. The molecule has 0 saturated heterocycles. The van der Waals surface area contributed by atoms with Gasteiger partial charge in [-0.3, -0.25) is 9.48 Å². The largest absolute Gasteiger partial charge is 0.492 e. The van der Waals surface area contributed by atoms with E-state index in [1.165, 1.54) is 0 Å². The van der Waals surface area contributed by atoms with Crippen LogP contribution >= 0.6 is 0 Å². The minimum atomic E-state index is -0.170. The van der Waals surface area contributed by atoms with E-state index in [9.17, 15) is 4.79 Å². The van der Waals surface area contributed by atoms with Crippen molar-refractivity contribution in [2.75, 3.05) is 37.5 Å². The zero-order valence-corrected chi connectivity index (χ0v) is 16.3. The number of rotatable bonds is 7. The molecular formula is C21H25N5O2. The number of nitrogens with zero attached hydrogens (tertiary/aromatic N) is 3. The van der Waals surface area contributed by atoms with E-state index in [1.54, 1.807) is 10.9 Å². The molecule has 0 aliphatic heterocycles. The first-order valence-corrected chi connectivity index (χ1v) is 9.04. The molecule has 3 aromatic rings. The molecule has 0 spiro atoms. The van der Waals surface area contributed by atoms with Gasteiger partial charge in [-0.15, -0.1) is 0 Å². The Bertz CT molecular complexity index is 965. The van der Waals surface area contributed by atoms with Gasteiger partial charge in [0.25, 0.3) is 5.91 Å². The van der Waals surface area contributed by atoms with Crippen LogP contribution in [-0.2, 0) is 7.05 Å². The smallest absolute Gasteiger partial charge is 0.257 e. The molecule has 0 saturated carbocycles. The van der Waals surface area contributed by atoms with Crippen molar-refractivity contribution in [2.24, 2.45) is 12.8 Å². The highest BCUT2D eigenvalue weighted by atomic mass is 16.5. The van der Waals surface area contributed by atoms with Gasteiger partial charge in [-0.2, -0.15) is 5.10 Å². The number of aryl methyl sites for hydroxylation is 1. The van der Waals surface area contributed by atoms with E-state index in [-0.39, 0.29) is 5.91 Å². The monoisotopic (exact) mass is 379 g/mol. The van der Waals surface area contributed by atoms with E-state index < -0.39 is 0 Å². The zero-order chi connectivity index (χ0) is 20.1. The van der Waals surface area contributed by atoms with Crippen LogP contribution in [0.5, 0.6) is 5.75 Å². The molecule has 0 bridgehead atoms. The van der Waals surface area contributed by atoms with E-state index in [1.807, 2.05) is 74.6 Å². The molecule has 7 nitrogen and oxygen atoms in total. The molecule has 0 atom stereocenters. The van der Waals surface area contributed by atoms with Crippen molar-refractivity contribution in [3.63, 3.8) is 0 Å². The van der Waals surface area contributed by atoms with E-state index in [0.29, 0.717) is 30.2 Å². The van der Waals surface area contributed by atoms with Gasteiger partial charge in [0, 0.05) is 50.8 Å². The molecule has 0 radical (unpaired) electrons. The number of aromatic nitrogens is 2. The van der Waals surface area contributed by atoms with Gasteiger partial charge in [0.2, 0.25) is 0 Å². The van der Waals surface area contributed by atoms with Crippen LogP contribution in [0.4, 0.5) is 11.4 Å². The second-order valence-corrected chi connectivity index (χ2v) is 6.55.